The number of benzene rings is 5. The molecule has 0 spiro atoms. The van der Waals surface area contributed by atoms with Crippen LogP contribution in [0.25, 0.3) is 66.6 Å². The highest BCUT2D eigenvalue weighted by Gasteiger charge is 2.14. The number of fused-ring (bicyclic) bond motifs is 2. The maximum Gasteiger partial charge on any atom is 0.0973 e. The van der Waals surface area contributed by atoms with Gasteiger partial charge in [-0.2, -0.15) is 0 Å². The molecule has 3 heteroatoms. The van der Waals surface area contributed by atoms with Crippen molar-refractivity contribution >= 4 is 21.8 Å². The van der Waals surface area contributed by atoms with E-state index in [1.165, 1.54) is 33.0 Å². The fourth-order valence-corrected chi connectivity index (χ4v) is 5.14. The number of hydrogen-bond donors (Lipinski definition) is 0. The van der Waals surface area contributed by atoms with Crippen LogP contribution in [0, 0.1) is 0 Å². The van der Waals surface area contributed by atoms with Crippen LogP contribution in [0.2, 0.25) is 0 Å². The van der Waals surface area contributed by atoms with Crippen molar-refractivity contribution in [3.63, 3.8) is 0 Å². The highest BCUT2D eigenvalue weighted by atomic mass is 14.8. The second kappa shape index (κ2) is 9.38. The quantitative estimate of drug-likeness (QED) is 0.250. The summed E-state index contributed by atoms with van der Waals surface area (Å²) in [6, 6.07) is 44.2. The topological polar surface area (TPSA) is 38.7 Å². The Balaban J connectivity index is 1.35. The van der Waals surface area contributed by atoms with Crippen LogP contribution in [0.15, 0.2) is 140 Å². The Morgan fingerprint density at radius 3 is 1.37 bits per heavy atom. The van der Waals surface area contributed by atoms with Gasteiger partial charge in [-0.1, -0.05) is 103 Å². The molecule has 0 saturated carbocycles. The Hall–Kier alpha value is -5.15. The SMILES string of the molecule is c1ccc(-c2nc3ccccc3nc2-c2ccc(-c3ccc(-c4ccncc4)c4ccccc34)cc2)cc1. The molecule has 5 aromatic carbocycles. The van der Waals surface area contributed by atoms with Gasteiger partial charge >= 0.3 is 0 Å². The van der Waals surface area contributed by atoms with E-state index in [-0.39, 0.29) is 0 Å². The summed E-state index contributed by atoms with van der Waals surface area (Å²) >= 11 is 0. The molecular weight excluding hydrogens is 462 g/mol. The van der Waals surface area contributed by atoms with Gasteiger partial charge in [-0.25, -0.2) is 9.97 Å². The standard InChI is InChI=1S/C35H23N3/c1-2-8-26(9-3-1)34-35(38-33-13-7-6-12-32(33)37-34)27-16-14-24(15-17-27)28-18-19-29(25-20-22-36-23-21-25)31-11-5-4-10-30(28)31/h1-23H. The van der Waals surface area contributed by atoms with Crippen LogP contribution in [0.4, 0.5) is 0 Å². The Morgan fingerprint density at radius 1 is 0.342 bits per heavy atom. The molecule has 0 radical (unpaired) electrons. The monoisotopic (exact) mass is 485 g/mol. The van der Waals surface area contributed by atoms with Gasteiger partial charge in [-0.05, 0) is 57.3 Å². The highest BCUT2D eigenvalue weighted by molar-refractivity contribution is 6.05. The minimum absolute atomic E-state index is 0.888. The minimum Gasteiger partial charge on any atom is -0.265 e. The van der Waals surface area contributed by atoms with Crippen molar-refractivity contribution in [2.45, 2.75) is 0 Å². The van der Waals surface area contributed by atoms with E-state index < -0.39 is 0 Å². The first-order chi connectivity index (χ1) is 18.8. The van der Waals surface area contributed by atoms with Crippen LogP contribution in [0.1, 0.15) is 0 Å². The maximum absolute atomic E-state index is 5.05. The number of nitrogens with zero attached hydrogens (tertiary/aromatic N) is 3. The molecule has 0 bridgehead atoms. The van der Waals surface area contributed by atoms with E-state index in [1.54, 1.807) is 0 Å². The van der Waals surface area contributed by atoms with E-state index in [4.69, 9.17) is 9.97 Å². The summed E-state index contributed by atoms with van der Waals surface area (Å²) in [5, 5.41) is 2.46. The summed E-state index contributed by atoms with van der Waals surface area (Å²) in [5.74, 6) is 0. The van der Waals surface area contributed by atoms with Gasteiger partial charge in [-0.3, -0.25) is 4.98 Å². The van der Waals surface area contributed by atoms with E-state index in [0.29, 0.717) is 0 Å². The van der Waals surface area contributed by atoms with Crippen molar-refractivity contribution in [1.82, 2.24) is 15.0 Å². The van der Waals surface area contributed by atoms with Crippen LogP contribution in [0.5, 0.6) is 0 Å². The summed E-state index contributed by atoms with van der Waals surface area (Å²) in [5.41, 5.74) is 10.4. The lowest BCUT2D eigenvalue weighted by molar-refractivity contribution is 1.29. The second-order valence-corrected chi connectivity index (χ2v) is 9.30. The smallest absolute Gasteiger partial charge is 0.0973 e. The third-order valence-corrected chi connectivity index (χ3v) is 7.00. The zero-order valence-electron chi connectivity index (χ0n) is 20.6. The van der Waals surface area contributed by atoms with E-state index in [0.717, 1.165) is 33.5 Å². The van der Waals surface area contributed by atoms with Gasteiger partial charge in [0.05, 0.1) is 22.4 Å². The predicted octanol–water partition coefficient (Wildman–Crippen LogP) is 8.85. The molecule has 3 nitrogen and oxygen atoms in total. The molecular formula is C35H23N3. The first-order valence-corrected chi connectivity index (χ1v) is 12.7. The molecule has 7 rings (SSSR count). The summed E-state index contributed by atoms with van der Waals surface area (Å²) in [7, 11) is 0. The van der Waals surface area contributed by atoms with E-state index >= 15 is 0 Å². The minimum atomic E-state index is 0.888. The Bertz CT molecular complexity index is 1890. The average molecular weight is 486 g/mol. The Morgan fingerprint density at radius 2 is 0.789 bits per heavy atom. The van der Waals surface area contributed by atoms with Crippen molar-refractivity contribution < 1.29 is 0 Å². The fraction of sp³-hybridized carbons (Fsp3) is 0. The second-order valence-electron chi connectivity index (χ2n) is 9.30. The number of rotatable bonds is 4. The van der Waals surface area contributed by atoms with Gasteiger partial charge in [0.1, 0.15) is 0 Å². The lowest BCUT2D eigenvalue weighted by Gasteiger charge is -2.13. The van der Waals surface area contributed by atoms with Crippen LogP contribution in [-0.4, -0.2) is 15.0 Å². The van der Waals surface area contributed by atoms with Crippen molar-refractivity contribution in [2.24, 2.45) is 0 Å². The van der Waals surface area contributed by atoms with E-state index in [9.17, 15) is 0 Å². The van der Waals surface area contributed by atoms with Crippen molar-refractivity contribution in [2.75, 3.05) is 0 Å². The molecule has 0 aliphatic carbocycles. The van der Waals surface area contributed by atoms with Crippen LogP contribution >= 0.6 is 0 Å². The van der Waals surface area contributed by atoms with Crippen molar-refractivity contribution in [3.8, 4) is 44.8 Å². The molecule has 0 unspecified atom stereocenters. The summed E-state index contributed by atoms with van der Waals surface area (Å²) < 4.78 is 0. The third-order valence-electron chi connectivity index (χ3n) is 7.00. The average Bonchev–Trinajstić information content (AvgIpc) is 3.01. The summed E-state index contributed by atoms with van der Waals surface area (Å²) in [4.78, 5) is 14.2. The van der Waals surface area contributed by atoms with Crippen LogP contribution < -0.4 is 0 Å². The molecule has 2 heterocycles. The van der Waals surface area contributed by atoms with E-state index in [1.807, 2.05) is 54.9 Å². The fourth-order valence-electron chi connectivity index (χ4n) is 5.14. The normalized spacial score (nSPS) is 11.2. The Labute approximate surface area is 221 Å². The maximum atomic E-state index is 5.05. The highest BCUT2D eigenvalue weighted by Crippen LogP contribution is 2.37. The number of aromatic nitrogens is 3. The largest absolute Gasteiger partial charge is 0.265 e. The molecule has 178 valence electrons. The molecule has 0 amide bonds. The van der Waals surface area contributed by atoms with E-state index in [2.05, 4.69) is 89.9 Å². The molecule has 0 N–H and O–H groups in total. The van der Waals surface area contributed by atoms with Gasteiger partial charge in [0.25, 0.3) is 0 Å². The van der Waals surface area contributed by atoms with Gasteiger partial charge < -0.3 is 0 Å². The number of para-hydroxylation sites is 2. The number of hydrogen-bond acceptors (Lipinski definition) is 3. The first kappa shape index (κ1) is 22.1. The molecule has 2 aromatic heterocycles. The van der Waals surface area contributed by atoms with Gasteiger partial charge in [0.2, 0.25) is 0 Å². The number of pyridine rings is 1. The summed E-state index contributed by atoms with van der Waals surface area (Å²) in [6.45, 7) is 0. The van der Waals surface area contributed by atoms with Gasteiger partial charge in [-0.15, -0.1) is 0 Å². The first-order valence-electron chi connectivity index (χ1n) is 12.7. The molecule has 0 saturated heterocycles. The predicted molar refractivity (Wildman–Crippen MR) is 157 cm³/mol. The molecule has 0 aliphatic heterocycles. The lowest BCUT2D eigenvalue weighted by Crippen LogP contribution is -1.95. The molecule has 0 fully saturated rings. The molecule has 0 aliphatic rings. The van der Waals surface area contributed by atoms with Crippen molar-refractivity contribution in [3.05, 3.63) is 140 Å². The zero-order valence-corrected chi connectivity index (χ0v) is 20.6. The van der Waals surface area contributed by atoms with Crippen LogP contribution in [0.3, 0.4) is 0 Å². The Kier molecular flexibility index (Phi) is 5.45. The zero-order chi connectivity index (χ0) is 25.3. The van der Waals surface area contributed by atoms with Crippen molar-refractivity contribution in [1.29, 1.82) is 0 Å². The van der Waals surface area contributed by atoms with Gasteiger partial charge in [0.15, 0.2) is 0 Å². The third kappa shape index (κ3) is 3.91. The summed E-state index contributed by atoms with van der Waals surface area (Å²) in [6.07, 6.45) is 3.69. The van der Waals surface area contributed by atoms with Crippen LogP contribution in [-0.2, 0) is 0 Å². The molecule has 0 atom stereocenters. The van der Waals surface area contributed by atoms with Gasteiger partial charge in [0, 0.05) is 23.5 Å². The molecule has 7 aromatic rings. The molecule has 38 heavy (non-hydrogen) atoms. The lowest BCUT2D eigenvalue weighted by atomic mass is 9.92.